The Morgan fingerprint density at radius 3 is 2.45 bits per heavy atom. The minimum atomic E-state index is -3.25. The van der Waals surface area contributed by atoms with Gasteiger partial charge >= 0.3 is 0 Å². The fraction of sp³-hybridized carbons (Fsp3) is 1.00. The van der Waals surface area contributed by atoms with Gasteiger partial charge in [0.15, 0.2) is 9.84 Å². The summed E-state index contributed by atoms with van der Waals surface area (Å²) in [5.41, 5.74) is -0.0186. The summed E-state index contributed by atoms with van der Waals surface area (Å²) in [5.74, 6) is 1.24. The van der Waals surface area contributed by atoms with Gasteiger partial charge in [-0.05, 0) is 42.9 Å². The largest absolute Gasteiger partial charge is 0.229 e. The van der Waals surface area contributed by atoms with Crippen molar-refractivity contribution in [3.05, 3.63) is 0 Å². The van der Waals surface area contributed by atoms with Crippen molar-refractivity contribution >= 4 is 19.9 Å². The number of rotatable bonds is 2. The molecule has 22 heavy (non-hydrogen) atoms. The minimum absolute atomic E-state index is 0.0165. The Morgan fingerprint density at radius 2 is 1.86 bits per heavy atom. The Balaban J connectivity index is 1.64. The van der Waals surface area contributed by atoms with E-state index < -0.39 is 19.9 Å². The molecule has 1 spiro atoms. The van der Waals surface area contributed by atoms with Crippen molar-refractivity contribution < 1.29 is 16.8 Å². The monoisotopic (exact) mass is 347 g/mol. The van der Waals surface area contributed by atoms with Crippen LogP contribution in [0.15, 0.2) is 0 Å². The van der Waals surface area contributed by atoms with Crippen LogP contribution in [0.1, 0.15) is 39.5 Å². The van der Waals surface area contributed by atoms with Gasteiger partial charge in [0.2, 0.25) is 10.0 Å². The molecule has 0 aromatic carbocycles. The molecular weight excluding hydrogens is 322 g/mol. The second kappa shape index (κ2) is 4.28. The summed E-state index contributed by atoms with van der Waals surface area (Å²) in [4.78, 5) is 0. The molecule has 4 aliphatic rings. The SMILES string of the molecule is CC1(C)[C@@H]2CCC13CS(=O)(=O)N(CC1CCS(=O)(=O)C1)[C@@H]3C2. The van der Waals surface area contributed by atoms with Gasteiger partial charge in [-0.1, -0.05) is 13.8 Å². The van der Waals surface area contributed by atoms with E-state index in [-0.39, 0.29) is 40.0 Å². The molecule has 4 fully saturated rings. The maximum absolute atomic E-state index is 12.8. The van der Waals surface area contributed by atoms with Gasteiger partial charge < -0.3 is 0 Å². The van der Waals surface area contributed by atoms with Crippen LogP contribution in [0.3, 0.4) is 0 Å². The lowest BCUT2D eigenvalue weighted by Crippen LogP contribution is -2.43. The van der Waals surface area contributed by atoms with E-state index in [2.05, 4.69) is 13.8 Å². The average Bonchev–Trinajstić information content (AvgIpc) is 2.98. The molecule has 0 aromatic rings. The summed E-state index contributed by atoms with van der Waals surface area (Å²) in [6.45, 7) is 4.89. The Morgan fingerprint density at radius 1 is 1.14 bits per heavy atom. The second-order valence-electron chi connectivity index (χ2n) is 8.46. The summed E-state index contributed by atoms with van der Waals surface area (Å²) >= 11 is 0. The summed E-state index contributed by atoms with van der Waals surface area (Å²) in [7, 11) is -6.20. The molecule has 2 saturated heterocycles. The van der Waals surface area contributed by atoms with E-state index in [9.17, 15) is 16.8 Å². The third-order valence-corrected chi connectivity index (χ3v) is 11.1. The van der Waals surface area contributed by atoms with Crippen LogP contribution in [0, 0.1) is 22.7 Å². The van der Waals surface area contributed by atoms with Gasteiger partial charge in [-0.3, -0.25) is 0 Å². The van der Waals surface area contributed by atoms with E-state index in [1.165, 1.54) is 0 Å². The van der Waals surface area contributed by atoms with Crippen LogP contribution in [0.25, 0.3) is 0 Å². The third kappa shape index (κ3) is 1.85. The highest BCUT2D eigenvalue weighted by Crippen LogP contribution is 2.70. The molecule has 0 amide bonds. The fourth-order valence-corrected chi connectivity index (χ4v) is 10.4. The topological polar surface area (TPSA) is 71.5 Å². The lowest BCUT2D eigenvalue weighted by Gasteiger charge is -2.37. The molecule has 2 unspecified atom stereocenters. The summed E-state index contributed by atoms with van der Waals surface area (Å²) in [5, 5.41) is 0. The average molecular weight is 348 g/mol. The van der Waals surface area contributed by atoms with E-state index in [0.717, 1.165) is 19.3 Å². The maximum atomic E-state index is 12.8. The predicted octanol–water partition coefficient (Wildman–Crippen LogP) is 1.26. The molecule has 4 rings (SSSR count). The van der Waals surface area contributed by atoms with Gasteiger partial charge in [0.1, 0.15) is 0 Å². The number of nitrogens with zero attached hydrogens (tertiary/aromatic N) is 1. The van der Waals surface area contributed by atoms with Crippen LogP contribution in [0.4, 0.5) is 0 Å². The highest BCUT2D eigenvalue weighted by molar-refractivity contribution is 7.91. The molecule has 0 N–H and O–H groups in total. The van der Waals surface area contributed by atoms with Crippen molar-refractivity contribution in [1.29, 1.82) is 0 Å². The molecule has 2 saturated carbocycles. The molecular formula is C15H25NO4S2. The smallest absolute Gasteiger partial charge is 0.215 e. The highest BCUT2D eigenvalue weighted by Gasteiger charge is 2.71. The normalized spacial score (nSPS) is 47.8. The first kappa shape index (κ1) is 15.4. The molecule has 5 nitrogen and oxygen atoms in total. The Bertz CT molecular complexity index is 712. The van der Waals surface area contributed by atoms with Gasteiger partial charge in [0.05, 0.1) is 17.3 Å². The second-order valence-corrected chi connectivity index (χ2v) is 12.6. The van der Waals surface area contributed by atoms with Crippen LogP contribution in [-0.4, -0.2) is 51.0 Å². The Hall–Kier alpha value is -0.140. The van der Waals surface area contributed by atoms with E-state index in [0.29, 0.717) is 18.9 Å². The molecule has 2 aliphatic heterocycles. The summed E-state index contributed by atoms with van der Waals surface area (Å²) < 4.78 is 50.6. The lowest BCUT2D eigenvalue weighted by atomic mass is 9.69. The molecule has 0 aromatic heterocycles. The Labute approximate surface area is 133 Å². The van der Waals surface area contributed by atoms with Crippen molar-refractivity contribution in [2.24, 2.45) is 22.7 Å². The van der Waals surface area contributed by atoms with Gasteiger partial charge in [-0.15, -0.1) is 0 Å². The van der Waals surface area contributed by atoms with Gasteiger partial charge in [-0.25, -0.2) is 16.8 Å². The first-order valence-electron chi connectivity index (χ1n) is 8.27. The first-order valence-corrected chi connectivity index (χ1v) is 11.7. The predicted molar refractivity (Wildman–Crippen MR) is 84.6 cm³/mol. The van der Waals surface area contributed by atoms with Gasteiger partial charge in [0, 0.05) is 18.0 Å². The van der Waals surface area contributed by atoms with Crippen molar-refractivity contribution in [3.63, 3.8) is 0 Å². The fourth-order valence-electron chi connectivity index (χ4n) is 5.89. The molecule has 126 valence electrons. The number of hydrogen-bond donors (Lipinski definition) is 0. The van der Waals surface area contributed by atoms with Crippen molar-refractivity contribution in [1.82, 2.24) is 4.31 Å². The van der Waals surface area contributed by atoms with Gasteiger partial charge in [0.25, 0.3) is 0 Å². The van der Waals surface area contributed by atoms with Crippen molar-refractivity contribution in [2.75, 3.05) is 23.8 Å². The van der Waals surface area contributed by atoms with Crippen LogP contribution >= 0.6 is 0 Å². The van der Waals surface area contributed by atoms with Crippen LogP contribution in [0.2, 0.25) is 0 Å². The minimum Gasteiger partial charge on any atom is -0.229 e. The zero-order chi connectivity index (χ0) is 16.0. The number of fused-ring (bicyclic) bond motifs is 1. The maximum Gasteiger partial charge on any atom is 0.215 e. The van der Waals surface area contributed by atoms with Crippen LogP contribution in [0.5, 0.6) is 0 Å². The number of sulfonamides is 1. The van der Waals surface area contributed by atoms with Crippen molar-refractivity contribution in [2.45, 2.75) is 45.6 Å². The van der Waals surface area contributed by atoms with E-state index in [1.54, 1.807) is 4.31 Å². The molecule has 0 radical (unpaired) electrons. The number of sulfone groups is 1. The van der Waals surface area contributed by atoms with E-state index in [4.69, 9.17) is 0 Å². The third-order valence-electron chi connectivity index (χ3n) is 7.30. The Kier molecular flexibility index (Phi) is 2.99. The number of hydrogen-bond acceptors (Lipinski definition) is 4. The molecule has 7 heteroatoms. The zero-order valence-corrected chi connectivity index (χ0v) is 14.9. The zero-order valence-electron chi connectivity index (χ0n) is 13.3. The molecule has 2 heterocycles. The molecule has 4 atom stereocenters. The summed E-state index contributed by atoms with van der Waals surface area (Å²) in [6, 6.07) is 0.106. The van der Waals surface area contributed by atoms with Crippen molar-refractivity contribution in [3.8, 4) is 0 Å². The van der Waals surface area contributed by atoms with E-state index in [1.807, 2.05) is 0 Å². The van der Waals surface area contributed by atoms with E-state index >= 15 is 0 Å². The summed E-state index contributed by atoms with van der Waals surface area (Å²) in [6.07, 6.45) is 3.73. The molecule has 2 aliphatic carbocycles. The molecule has 2 bridgehead atoms. The van der Waals surface area contributed by atoms with Gasteiger partial charge in [-0.2, -0.15) is 4.31 Å². The first-order chi connectivity index (χ1) is 10.1. The van der Waals surface area contributed by atoms with Crippen LogP contribution < -0.4 is 0 Å². The standard InChI is InChI=1S/C15H25NO4S2/c1-14(2)12-3-5-15(14)10-22(19,20)16(13(15)7-12)8-11-4-6-21(17,18)9-11/h11-13H,3-10H2,1-2H3/t11?,12-,13-,15?/m1/s1. The van der Waals surface area contributed by atoms with Crippen LogP contribution in [-0.2, 0) is 19.9 Å². The quantitative estimate of drug-likeness (QED) is 0.754. The lowest BCUT2D eigenvalue weighted by molar-refractivity contribution is 0.110. The highest BCUT2D eigenvalue weighted by atomic mass is 32.2.